The maximum absolute atomic E-state index is 13.4. The number of halogens is 4. The minimum absolute atomic E-state index is 0.0215. The molecule has 2 aromatic rings. The molecule has 0 unspecified atom stereocenters. The lowest BCUT2D eigenvalue weighted by molar-refractivity contribution is -0.117. The average molecular weight is 343 g/mol. The topological polar surface area (TPSA) is 17.1 Å². The van der Waals surface area contributed by atoms with Crippen molar-refractivity contribution in [3.63, 3.8) is 0 Å². The number of rotatable bonds is 4. The molecule has 0 radical (unpaired) electrons. The third-order valence-corrected chi connectivity index (χ3v) is 3.56. The molecule has 2 aromatic carbocycles. The predicted molar refractivity (Wildman–Crippen MR) is 72.9 cm³/mol. The van der Waals surface area contributed by atoms with Gasteiger partial charge in [0.15, 0.2) is 11.6 Å². The number of ketones is 1. The monoisotopic (exact) mass is 342 g/mol. The van der Waals surface area contributed by atoms with E-state index in [0.717, 1.165) is 6.07 Å². The van der Waals surface area contributed by atoms with Crippen molar-refractivity contribution in [3.05, 3.63) is 69.4 Å². The summed E-state index contributed by atoms with van der Waals surface area (Å²) in [7, 11) is 0. The molecule has 104 valence electrons. The summed E-state index contributed by atoms with van der Waals surface area (Å²) in [5.74, 6) is -2.66. The van der Waals surface area contributed by atoms with Crippen LogP contribution in [0.5, 0.6) is 0 Å². The van der Waals surface area contributed by atoms with Crippen LogP contribution >= 0.6 is 15.9 Å². The first-order valence-electron chi connectivity index (χ1n) is 5.86. The van der Waals surface area contributed by atoms with E-state index in [1.807, 2.05) is 0 Å². The van der Waals surface area contributed by atoms with Crippen molar-refractivity contribution in [1.29, 1.82) is 0 Å². The van der Waals surface area contributed by atoms with Gasteiger partial charge in [-0.15, -0.1) is 0 Å². The van der Waals surface area contributed by atoms with Gasteiger partial charge in [-0.05, 0) is 29.3 Å². The summed E-state index contributed by atoms with van der Waals surface area (Å²) in [6.45, 7) is 0. The number of hydrogen-bond donors (Lipinski definition) is 0. The molecule has 0 aliphatic heterocycles. The van der Waals surface area contributed by atoms with Crippen molar-refractivity contribution in [2.45, 2.75) is 12.8 Å². The summed E-state index contributed by atoms with van der Waals surface area (Å²) >= 11 is 3.16. The summed E-state index contributed by atoms with van der Waals surface area (Å²) in [6.07, 6.45) is -0.176. The molecule has 5 heteroatoms. The molecular formula is C15H10BrF3O. The first-order chi connectivity index (χ1) is 9.47. The Balaban J connectivity index is 2.11. The van der Waals surface area contributed by atoms with Gasteiger partial charge in [0.2, 0.25) is 0 Å². The number of carbonyl (C=O) groups is 1. The molecule has 0 spiro atoms. The van der Waals surface area contributed by atoms with Gasteiger partial charge >= 0.3 is 0 Å². The van der Waals surface area contributed by atoms with E-state index in [4.69, 9.17) is 0 Å². The van der Waals surface area contributed by atoms with Gasteiger partial charge < -0.3 is 0 Å². The highest BCUT2D eigenvalue weighted by molar-refractivity contribution is 9.10. The minimum Gasteiger partial charge on any atom is -0.299 e. The van der Waals surface area contributed by atoms with Gasteiger partial charge in [-0.25, -0.2) is 13.2 Å². The first kappa shape index (κ1) is 14.8. The lowest BCUT2D eigenvalue weighted by atomic mass is 10.0. The Bertz CT molecular complexity index is 656. The van der Waals surface area contributed by atoms with Gasteiger partial charge in [0.1, 0.15) is 11.6 Å². The van der Waals surface area contributed by atoms with Crippen LogP contribution in [0.1, 0.15) is 11.1 Å². The van der Waals surface area contributed by atoms with Crippen molar-refractivity contribution >= 4 is 21.7 Å². The average Bonchev–Trinajstić information content (AvgIpc) is 2.38. The number of hydrogen-bond acceptors (Lipinski definition) is 1. The highest BCUT2D eigenvalue weighted by Gasteiger charge is 2.13. The lowest BCUT2D eigenvalue weighted by Gasteiger charge is -2.06. The second kappa shape index (κ2) is 6.22. The van der Waals surface area contributed by atoms with E-state index in [0.29, 0.717) is 10.0 Å². The molecule has 0 saturated carbocycles. The Hall–Kier alpha value is -1.62. The molecule has 0 aromatic heterocycles. The highest BCUT2D eigenvalue weighted by atomic mass is 79.9. The molecule has 0 N–H and O–H groups in total. The predicted octanol–water partition coefficient (Wildman–Crippen LogP) is 4.22. The molecule has 0 heterocycles. The van der Waals surface area contributed by atoms with Crippen LogP contribution in [-0.4, -0.2) is 5.78 Å². The standard InChI is InChI=1S/C15H10BrF3O/c16-13-8-11(17)5-4-9(13)6-12(20)7-10-2-1-3-14(18)15(10)19/h1-5,8H,6-7H2. The van der Waals surface area contributed by atoms with E-state index in [2.05, 4.69) is 15.9 Å². The van der Waals surface area contributed by atoms with E-state index in [9.17, 15) is 18.0 Å². The quantitative estimate of drug-likeness (QED) is 0.812. The summed E-state index contributed by atoms with van der Waals surface area (Å²) in [5.41, 5.74) is 0.626. The van der Waals surface area contributed by atoms with Crippen LogP contribution in [0.2, 0.25) is 0 Å². The summed E-state index contributed by atoms with van der Waals surface area (Å²) in [6, 6.07) is 7.71. The van der Waals surface area contributed by atoms with E-state index in [1.54, 1.807) is 0 Å². The van der Waals surface area contributed by atoms with Gasteiger partial charge in [0.25, 0.3) is 0 Å². The van der Waals surface area contributed by atoms with Crippen LogP contribution in [-0.2, 0) is 17.6 Å². The van der Waals surface area contributed by atoms with E-state index in [-0.39, 0.29) is 24.2 Å². The summed E-state index contributed by atoms with van der Waals surface area (Å²) in [4.78, 5) is 11.9. The number of carbonyl (C=O) groups excluding carboxylic acids is 1. The second-order valence-corrected chi connectivity index (χ2v) is 5.20. The molecule has 0 aliphatic rings. The van der Waals surface area contributed by atoms with Crippen molar-refractivity contribution in [2.24, 2.45) is 0 Å². The van der Waals surface area contributed by atoms with E-state index >= 15 is 0 Å². The van der Waals surface area contributed by atoms with E-state index < -0.39 is 17.5 Å². The zero-order valence-corrected chi connectivity index (χ0v) is 11.9. The zero-order valence-electron chi connectivity index (χ0n) is 10.3. The minimum atomic E-state index is -1.00. The number of benzene rings is 2. The molecule has 0 saturated heterocycles. The smallest absolute Gasteiger partial charge is 0.162 e. The van der Waals surface area contributed by atoms with Gasteiger partial charge in [-0.1, -0.05) is 34.1 Å². The fourth-order valence-corrected chi connectivity index (χ4v) is 2.33. The highest BCUT2D eigenvalue weighted by Crippen LogP contribution is 2.20. The van der Waals surface area contributed by atoms with Gasteiger partial charge in [0.05, 0.1) is 0 Å². The Morgan fingerprint density at radius 1 is 1.00 bits per heavy atom. The van der Waals surface area contributed by atoms with Crippen LogP contribution in [0.15, 0.2) is 40.9 Å². The maximum atomic E-state index is 13.4. The van der Waals surface area contributed by atoms with Crippen LogP contribution in [0.25, 0.3) is 0 Å². The summed E-state index contributed by atoms with van der Waals surface area (Å²) < 4.78 is 39.9. The molecule has 0 aliphatic carbocycles. The second-order valence-electron chi connectivity index (χ2n) is 4.34. The molecule has 0 amide bonds. The largest absolute Gasteiger partial charge is 0.299 e. The first-order valence-corrected chi connectivity index (χ1v) is 6.65. The fourth-order valence-electron chi connectivity index (χ4n) is 1.84. The third kappa shape index (κ3) is 3.48. The van der Waals surface area contributed by atoms with Gasteiger partial charge in [-0.2, -0.15) is 0 Å². The van der Waals surface area contributed by atoms with Gasteiger partial charge in [-0.3, -0.25) is 4.79 Å². The van der Waals surface area contributed by atoms with Crippen molar-refractivity contribution < 1.29 is 18.0 Å². The maximum Gasteiger partial charge on any atom is 0.162 e. The van der Waals surface area contributed by atoms with Crippen LogP contribution < -0.4 is 0 Å². The van der Waals surface area contributed by atoms with Crippen molar-refractivity contribution in [2.75, 3.05) is 0 Å². The van der Waals surface area contributed by atoms with Crippen molar-refractivity contribution in [3.8, 4) is 0 Å². The van der Waals surface area contributed by atoms with Crippen LogP contribution in [0, 0.1) is 17.5 Å². The molecular weight excluding hydrogens is 333 g/mol. The molecule has 1 nitrogen and oxygen atoms in total. The Morgan fingerprint density at radius 2 is 1.70 bits per heavy atom. The van der Waals surface area contributed by atoms with Crippen LogP contribution in [0.4, 0.5) is 13.2 Å². The summed E-state index contributed by atoms with van der Waals surface area (Å²) in [5, 5.41) is 0. The number of Topliss-reactive ketones (excluding diaryl/α,β-unsaturated/α-hetero) is 1. The van der Waals surface area contributed by atoms with Gasteiger partial charge in [0, 0.05) is 17.3 Å². The fraction of sp³-hybridized carbons (Fsp3) is 0.133. The normalized spacial score (nSPS) is 10.6. The Kier molecular flexibility index (Phi) is 4.60. The zero-order chi connectivity index (χ0) is 14.7. The Morgan fingerprint density at radius 3 is 2.40 bits per heavy atom. The molecule has 2 rings (SSSR count). The molecule has 20 heavy (non-hydrogen) atoms. The van der Waals surface area contributed by atoms with E-state index in [1.165, 1.54) is 30.3 Å². The lowest BCUT2D eigenvalue weighted by Crippen LogP contribution is -2.09. The SMILES string of the molecule is O=C(Cc1ccc(F)cc1Br)Cc1cccc(F)c1F. The van der Waals surface area contributed by atoms with Crippen molar-refractivity contribution in [1.82, 2.24) is 0 Å². The molecule has 0 bridgehead atoms. The molecule has 0 fully saturated rings. The van der Waals surface area contributed by atoms with Crippen LogP contribution in [0.3, 0.4) is 0 Å². The Labute approximate surface area is 122 Å². The molecule has 0 atom stereocenters. The third-order valence-electron chi connectivity index (χ3n) is 2.82.